The first-order valence-corrected chi connectivity index (χ1v) is 12.2. The highest BCUT2D eigenvalue weighted by molar-refractivity contribution is 6.08. The van der Waals surface area contributed by atoms with Crippen molar-refractivity contribution in [3.05, 3.63) is 68.8 Å². The van der Waals surface area contributed by atoms with Crippen LogP contribution in [0.15, 0.2) is 35.1 Å². The number of H-pyrrole nitrogens is 1. The number of likely N-dealkylation sites (tertiary alicyclic amines) is 1. The Bertz CT molecular complexity index is 1340. The Morgan fingerprint density at radius 1 is 1.22 bits per heavy atom. The molecule has 4 rings (SSSR count). The molecule has 1 aliphatic heterocycles. The second-order valence-corrected chi connectivity index (χ2v) is 10.0. The molecule has 0 unspecified atom stereocenters. The number of carbonyl (C=O) groups is 1. The number of nitrogens with one attached hydrogen (secondary N) is 2. The fourth-order valence-electron chi connectivity index (χ4n) is 5.70. The van der Waals surface area contributed by atoms with E-state index in [4.69, 9.17) is 0 Å². The van der Waals surface area contributed by atoms with Crippen LogP contribution in [0.4, 0.5) is 13.2 Å². The molecular weight excluding hydrogens is 469 g/mol. The van der Waals surface area contributed by atoms with Crippen LogP contribution in [0.2, 0.25) is 0 Å². The van der Waals surface area contributed by atoms with Crippen molar-refractivity contribution in [3.63, 3.8) is 0 Å². The van der Waals surface area contributed by atoms with Crippen LogP contribution in [-0.4, -0.2) is 46.2 Å². The van der Waals surface area contributed by atoms with Crippen molar-refractivity contribution >= 4 is 16.8 Å². The summed E-state index contributed by atoms with van der Waals surface area (Å²) in [6.07, 6.45) is -3.62. The van der Waals surface area contributed by atoms with Gasteiger partial charge in [-0.15, -0.1) is 0 Å². The standard InChI is InChI=1S/C27H33F3N4O2/c1-15-12-16(2)32-25(35)21(15)14-31-26(36)24-18(4)34(22-9-7-6-8-20(22)24)17(3)19-10-11-33(5)23(13-19)27(28,29)30/h6-9,12,17,19,23H,10-11,13-14H2,1-5H3,(H,31,36)(H,32,35)/t17-,19+,23-/m0/s1. The number of para-hydroxylation sites is 1. The highest BCUT2D eigenvalue weighted by Gasteiger charge is 2.46. The summed E-state index contributed by atoms with van der Waals surface area (Å²) in [6.45, 7) is 7.87. The molecule has 36 heavy (non-hydrogen) atoms. The van der Waals surface area contributed by atoms with Gasteiger partial charge in [-0.25, -0.2) is 0 Å². The molecule has 9 heteroatoms. The van der Waals surface area contributed by atoms with Gasteiger partial charge in [0.1, 0.15) is 6.04 Å². The molecular formula is C27H33F3N4O2. The maximum Gasteiger partial charge on any atom is 0.404 e. The van der Waals surface area contributed by atoms with Gasteiger partial charge in [-0.2, -0.15) is 13.2 Å². The number of hydrogen-bond acceptors (Lipinski definition) is 3. The largest absolute Gasteiger partial charge is 0.404 e. The first-order valence-electron chi connectivity index (χ1n) is 12.2. The second kappa shape index (κ2) is 9.76. The van der Waals surface area contributed by atoms with E-state index in [9.17, 15) is 22.8 Å². The maximum atomic E-state index is 13.7. The molecule has 3 atom stereocenters. The van der Waals surface area contributed by atoms with Crippen LogP contribution in [0.3, 0.4) is 0 Å². The molecule has 0 spiro atoms. The Hall–Kier alpha value is -3.07. The van der Waals surface area contributed by atoms with E-state index in [2.05, 4.69) is 10.3 Å². The van der Waals surface area contributed by atoms with Gasteiger partial charge < -0.3 is 14.9 Å². The molecule has 194 valence electrons. The average Bonchev–Trinajstić information content (AvgIpc) is 3.09. The predicted molar refractivity (Wildman–Crippen MR) is 134 cm³/mol. The van der Waals surface area contributed by atoms with Gasteiger partial charge in [-0.05, 0) is 77.7 Å². The topological polar surface area (TPSA) is 70.1 Å². The average molecular weight is 503 g/mol. The number of alkyl halides is 3. The zero-order valence-electron chi connectivity index (χ0n) is 21.3. The third-order valence-corrected chi connectivity index (χ3v) is 7.68. The van der Waals surface area contributed by atoms with Crippen LogP contribution in [0.25, 0.3) is 10.9 Å². The number of aromatic amines is 1. The number of aryl methyl sites for hydroxylation is 2. The molecule has 3 aromatic rings. The Balaban J connectivity index is 1.66. The van der Waals surface area contributed by atoms with E-state index < -0.39 is 12.2 Å². The van der Waals surface area contributed by atoms with Gasteiger partial charge in [0, 0.05) is 40.4 Å². The van der Waals surface area contributed by atoms with Crippen molar-refractivity contribution in [1.82, 2.24) is 19.8 Å². The van der Waals surface area contributed by atoms with Crippen LogP contribution < -0.4 is 10.9 Å². The molecule has 1 fully saturated rings. The summed E-state index contributed by atoms with van der Waals surface area (Å²) in [4.78, 5) is 29.9. The number of aromatic nitrogens is 2. The van der Waals surface area contributed by atoms with Crippen molar-refractivity contribution in [3.8, 4) is 0 Å². The highest BCUT2D eigenvalue weighted by Crippen LogP contribution is 2.40. The summed E-state index contributed by atoms with van der Waals surface area (Å²) < 4.78 is 43.0. The molecule has 2 N–H and O–H groups in total. The highest BCUT2D eigenvalue weighted by atomic mass is 19.4. The number of fused-ring (bicyclic) bond motifs is 1. The number of amides is 1. The van der Waals surface area contributed by atoms with E-state index in [0.29, 0.717) is 29.8 Å². The molecule has 0 radical (unpaired) electrons. The summed E-state index contributed by atoms with van der Waals surface area (Å²) in [5.41, 5.74) is 3.82. The minimum atomic E-state index is -4.28. The van der Waals surface area contributed by atoms with Crippen LogP contribution in [0, 0.1) is 26.7 Å². The van der Waals surface area contributed by atoms with E-state index in [1.54, 1.807) is 6.92 Å². The van der Waals surface area contributed by atoms with Crippen molar-refractivity contribution in [2.75, 3.05) is 13.6 Å². The summed E-state index contributed by atoms with van der Waals surface area (Å²) in [7, 11) is 1.53. The third-order valence-electron chi connectivity index (χ3n) is 7.68. The van der Waals surface area contributed by atoms with E-state index in [1.807, 2.05) is 55.7 Å². The lowest BCUT2D eigenvalue weighted by Crippen LogP contribution is -2.49. The van der Waals surface area contributed by atoms with Crippen molar-refractivity contribution in [1.29, 1.82) is 0 Å². The summed E-state index contributed by atoms with van der Waals surface area (Å²) in [6, 6.07) is 7.64. The summed E-state index contributed by atoms with van der Waals surface area (Å²) >= 11 is 0. The Morgan fingerprint density at radius 2 is 1.92 bits per heavy atom. The minimum Gasteiger partial charge on any atom is -0.348 e. The molecule has 3 heterocycles. The normalized spacial score (nSPS) is 20.0. The van der Waals surface area contributed by atoms with E-state index in [1.165, 1.54) is 11.9 Å². The zero-order chi connectivity index (χ0) is 26.4. The van der Waals surface area contributed by atoms with Gasteiger partial charge in [0.15, 0.2) is 0 Å². The lowest BCUT2D eigenvalue weighted by molar-refractivity contribution is -0.192. The predicted octanol–water partition coefficient (Wildman–Crippen LogP) is 5.02. The number of pyridine rings is 1. The molecule has 2 aromatic heterocycles. The van der Waals surface area contributed by atoms with Gasteiger partial charge in [-0.1, -0.05) is 18.2 Å². The fraction of sp³-hybridized carbons (Fsp3) is 0.481. The first kappa shape index (κ1) is 26.0. The lowest BCUT2D eigenvalue weighted by atomic mass is 9.85. The molecule has 0 saturated carbocycles. The van der Waals surface area contributed by atoms with Crippen LogP contribution in [0.5, 0.6) is 0 Å². The van der Waals surface area contributed by atoms with Crippen molar-refractivity contribution in [2.24, 2.45) is 5.92 Å². The van der Waals surface area contributed by atoms with Crippen LogP contribution in [-0.2, 0) is 6.54 Å². The van der Waals surface area contributed by atoms with Gasteiger partial charge in [0.05, 0.1) is 5.56 Å². The van der Waals surface area contributed by atoms with E-state index in [-0.39, 0.29) is 36.4 Å². The molecule has 1 aliphatic rings. The number of benzene rings is 1. The van der Waals surface area contributed by atoms with Gasteiger partial charge in [-0.3, -0.25) is 14.5 Å². The molecule has 0 aliphatic carbocycles. The first-order chi connectivity index (χ1) is 16.9. The van der Waals surface area contributed by atoms with Gasteiger partial charge in [0.2, 0.25) is 0 Å². The van der Waals surface area contributed by atoms with Gasteiger partial charge in [0.25, 0.3) is 11.5 Å². The monoisotopic (exact) mass is 502 g/mol. The maximum absolute atomic E-state index is 13.7. The molecule has 1 amide bonds. The van der Waals surface area contributed by atoms with E-state index >= 15 is 0 Å². The molecule has 1 saturated heterocycles. The number of halogens is 3. The number of rotatable bonds is 5. The summed E-state index contributed by atoms with van der Waals surface area (Å²) in [5, 5.41) is 3.63. The number of carbonyl (C=O) groups excluding carboxylic acids is 1. The molecule has 6 nitrogen and oxygen atoms in total. The quantitative estimate of drug-likeness (QED) is 0.515. The van der Waals surface area contributed by atoms with Crippen molar-refractivity contribution in [2.45, 2.75) is 65.3 Å². The summed E-state index contributed by atoms with van der Waals surface area (Å²) in [5.74, 6) is -0.502. The Morgan fingerprint density at radius 3 is 2.58 bits per heavy atom. The number of nitrogens with zero attached hydrogens (tertiary/aromatic N) is 2. The fourth-order valence-corrected chi connectivity index (χ4v) is 5.70. The van der Waals surface area contributed by atoms with E-state index in [0.717, 1.165) is 22.2 Å². The Labute approximate surface area is 208 Å². The lowest BCUT2D eigenvalue weighted by Gasteiger charge is -2.40. The zero-order valence-corrected chi connectivity index (χ0v) is 21.3. The van der Waals surface area contributed by atoms with Crippen LogP contribution >= 0.6 is 0 Å². The van der Waals surface area contributed by atoms with Gasteiger partial charge >= 0.3 is 6.18 Å². The Kier molecular flexibility index (Phi) is 7.05. The van der Waals surface area contributed by atoms with Crippen molar-refractivity contribution < 1.29 is 18.0 Å². The van der Waals surface area contributed by atoms with Crippen LogP contribution in [0.1, 0.15) is 58.7 Å². The smallest absolute Gasteiger partial charge is 0.348 e. The SMILES string of the molecule is Cc1cc(C)c(CNC(=O)c2c(C)n([C@@H](C)[C@@H]3CCN(C)[C@H](C(F)(F)F)C3)c3ccccc23)c(=O)[nH]1. The molecule has 1 aromatic carbocycles. The second-order valence-electron chi connectivity index (χ2n) is 10.0. The number of piperidine rings is 1. The number of hydrogen-bond donors (Lipinski definition) is 2. The minimum absolute atomic E-state index is 0.0180. The molecule has 0 bridgehead atoms. The third kappa shape index (κ3) is 4.81.